The van der Waals surface area contributed by atoms with Crippen LogP contribution in [0.5, 0.6) is 0 Å². The van der Waals surface area contributed by atoms with Gasteiger partial charge in [0, 0.05) is 0 Å². The van der Waals surface area contributed by atoms with Crippen LogP contribution < -0.4 is 0 Å². The van der Waals surface area contributed by atoms with Crippen LogP contribution in [0.4, 0.5) is 0 Å². The molecule has 1 aromatic rings. The van der Waals surface area contributed by atoms with Crippen molar-refractivity contribution in [2.24, 2.45) is 5.92 Å². The highest BCUT2D eigenvalue weighted by atomic mass is 32.2. The van der Waals surface area contributed by atoms with Gasteiger partial charge in [-0.15, -0.1) is 0 Å². The highest BCUT2D eigenvalue weighted by Crippen LogP contribution is 2.20. The van der Waals surface area contributed by atoms with E-state index in [1.165, 1.54) is 0 Å². The third-order valence-electron chi connectivity index (χ3n) is 3.11. The van der Waals surface area contributed by atoms with E-state index < -0.39 is 9.84 Å². The normalized spacial score (nSPS) is 19.3. The Morgan fingerprint density at radius 3 is 2.39 bits per heavy atom. The summed E-state index contributed by atoms with van der Waals surface area (Å²) in [4.78, 5) is 11.8. The fraction of sp³-hybridized carbons (Fsp3) is 0.462. The van der Waals surface area contributed by atoms with Gasteiger partial charge in [-0.3, -0.25) is 4.79 Å². The lowest BCUT2D eigenvalue weighted by Crippen LogP contribution is -2.29. The van der Waals surface area contributed by atoms with Crippen LogP contribution in [-0.4, -0.2) is 25.9 Å². The molecule has 1 aromatic carbocycles. The van der Waals surface area contributed by atoms with Crippen molar-refractivity contribution in [3.05, 3.63) is 35.9 Å². The third kappa shape index (κ3) is 3.57. The van der Waals surface area contributed by atoms with Gasteiger partial charge in [0.2, 0.25) is 0 Å². The van der Waals surface area contributed by atoms with E-state index >= 15 is 0 Å². The number of sulfone groups is 1. The van der Waals surface area contributed by atoms with Crippen molar-refractivity contribution >= 4 is 15.8 Å². The van der Waals surface area contributed by atoms with Crippen LogP contribution in [0.1, 0.15) is 18.4 Å². The number of esters is 1. The minimum absolute atomic E-state index is 0.0953. The highest BCUT2D eigenvalue weighted by molar-refractivity contribution is 7.91. The molecule has 18 heavy (non-hydrogen) atoms. The lowest BCUT2D eigenvalue weighted by molar-refractivity contribution is -0.150. The molecule has 1 saturated heterocycles. The van der Waals surface area contributed by atoms with Gasteiger partial charge in [-0.2, -0.15) is 0 Å². The Kier molecular flexibility index (Phi) is 4.01. The molecule has 0 aliphatic carbocycles. The third-order valence-corrected chi connectivity index (χ3v) is 4.83. The maximum atomic E-state index is 11.8. The number of rotatable bonds is 3. The number of benzene rings is 1. The molecule has 1 heterocycles. The van der Waals surface area contributed by atoms with Crippen molar-refractivity contribution in [3.63, 3.8) is 0 Å². The molecular formula is C13H16O4S. The van der Waals surface area contributed by atoms with Crippen molar-refractivity contribution in [2.75, 3.05) is 11.5 Å². The van der Waals surface area contributed by atoms with Crippen LogP contribution in [0.2, 0.25) is 0 Å². The topological polar surface area (TPSA) is 60.4 Å². The lowest BCUT2D eigenvalue weighted by atomic mass is 10.0. The Morgan fingerprint density at radius 1 is 1.17 bits per heavy atom. The van der Waals surface area contributed by atoms with Gasteiger partial charge >= 0.3 is 5.97 Å². The highest BCUT2D eigenvalue weighted by Gasteiger charge is 2.29. The van der Waals surface area contributed by atoms with Crippen molar-refractivity contribution in [1.82, 2.24) is 0 Å². The lowest BCUT2D eigenvalue weighted by Gasteiger charge is -2.20. The van der Waals surface area contributed by atoms with E-state index in [9.17, 15) is 13.2 Å². The van der Waals surface area contributed by atoms with Crippen molar-refractivity contribution in [2.45, 2.75) is 19.4 Å². The predicted octanol–water partition coefficient (Wildman–Crippen LogP) is 1.55. The number of hydrogen-bond donors (Lipinski definition) is 0. The average Bonchev–Trinajstić information content (AvgIpc) is 2.37. The molecule has 4 nitrogen and oxygen atoms in total. The second kappa shape index (κ2) is 5.52. The molecule has 98 valence electrons. The summed E-state index contributed by atoms with van der Waals surface area (Å²) in [6, 6.07) is 9.45. The molecule has 0 spiro atoms. The molecule has 0 unspecified atom stereocenters. The van der Waals surface area contributed by atoms with Gasteiger partial charge in [-0.25, -0.2) is 8.42 Å². The fourth-order valence-corrected chi connectivity index (χ4v) is 3.46. The Hall–Kier alpha value is -1.36. The van der Waals surface area contributed by atoms with Crippen LogP contribution >= 0.6 is 0 Å². The first-order valence-corrected chi connectivity index (χ1v) is 7.80. The smallest absolute Gasteiger partial charge is 0.309 e. The minimum atomic E-state index is -2.92. The van der Waals surface area contributed by atoms with E-state index in [4.69, 9.17) is 4.74 Å². The molecule has 0 amide bonds. The van der Waals surface area contributed by atoms with E-state index in [0.717, 1.165) is 5.56 Å². The summed E-state index contributed by atoms with van der Waals surface area (Å²) in [5, 5.41) is 0. The SMILES string of the molecule is O=C(OCc1ccccc1)C1CCS(=O)(=O)CC1. The predicted molar refractivity (Wildman–Crippen MR) is 67.6 cm³/mol. The molecule has 0 radical (unpaired) electrons. The van der Waals surface area contributed by atoms with Crippen molar-refractivity contribution < 1.29 is 17.9 Å². The van der Waals surface area contributed by atoms with Gasteiger partial charge in [-0.05, 0) is 18.4 Å². The second-order valence-corrected chi connectivity index (χ2v) is 6.82. The van der Waals surface area contributed by atoms with Crippen LogP contribution in [0.15, 0.2) is 30.3 Å². The number of carbonyl (C=O) groups is 1. The molecular weight excluding hydrogens is 252 g/mol. The summed E-state index contributed by atoms with van der Waals surface area (Å²) < 4.78 is 27.7. The zero-order valence-electron chi connectivity index (χ0n) is 10.0. The first kappa shape index (κ1) is 13.1. The Labute approximate surface area is 107 Å². The summed E-state index contributed by atoms with van der Waals surface area (Å²) in [6.45, 7) is 0.253. The number of ether oxygens (including phenoxy) is 1. The number of carbonyl (C=O) groups excluding carboxylic acids is 1. The molecule has 0 atom stereocenters. The molecule has 2 rings (SSSR count). The average molecular weight is 268 g/mol. The quantitative estimate of drug-likeness (QED) is 0.780. The Morgan fingerprint density at radius 2 is 1.78 bits per heavy atom. The van der Waals surface area contributed by atoms with Gasteiger partial charge in [0.25, 0.3) is 0 Å². The largest absolute Gasteiger partial charge is 0.461 e. The van der Waals surface area contributed by atoms with Crippen molar-refractivity contribution in [3.8, 4) is 0 Å². The van der Waals surface area contributed by atoms with Crippen molar-refractivity contribution in [1.29, 1.82) is 0 Å². The summed E-state index contributed by atoms with van der Waals surface area (Å²) in [7, 11) is -2.92. The summed E-state index contributed by atoms with van der Waals surface area (Å²) >= 11 is 0. The van der Waals surface area contributed by atoms with Crippen LogP contribution in [0, 0.1) is 5.92 Å². The zero-order chi connectivity index (χ0) is 13.0. The molecule has 5 heteroatoms. The summed E-state index contributed by atoms with van der Waals surface area (Å²) in [5.74, 6) is -0.359. The monoisotopic (exact) mass is 268 g/mol. The van der Waals surface area contributed by atoms with E-state index in [-0.39, 0.29) is 30.0 Å². The molecule has 0 aromatic heterocycles. The first-order chi connectivity index (χ1) is 8.57. The summed E-state index contributed by atoms with van der Waals surface area (Å²) in [5.41, 5.74) is 0.939. The van der Waals surface area contributed by atoms with E-state index in [1.807, 2.05) is 30.3 Å². The molecule has 0 N–H and O–H groups in total. The van der Waals surface area contributed by atoms with Crippen LogP contribution in [0.25, 0.3) is 0 Å². The Bertz CT molecular complexity index is 493. The van der Waals surface area contributed by atoms with Crippen LogP contribution in [0.3, 0.4) is 0 Å². The maximum absolute atomic E-state index is 11.8. The van der Waals surface area contributed by atoms with Crippen LogP contribution in [-0.2, 0) is 26.0 Å². The van der Waals surface area contributed by atoms with E-state index in [1.54, 1.807) is 0 Å². The van der Waals surface area contributed by atoms with E-state index in [0.29, 0.717) is 12.8 Å². The van der Waals surface area contributed by atoms with Gasteiger partial charge < -0.3 is 4.74 Å². The van der Waals surface area contributed by atoms with Gasteiger partial charge in [0.1, 0.15) is 16.4 Å². The van der Waals surface area contributed by atoms with Gasteiger partial charge in [0.15, 0.2) is 0 Å². The molecule has 1 aliphatic rings. The fourth-order valence-electron chi connectivity index (χ4n) is 1.97. The first-order valence-electron chi connectivity index (χ1n) is 5.98. The van der Waals surface area contributed by atoms with E-state index in [2.05, 4.69) is 0 Å². The Balaban J connectivity index is 1.83. The molecule has 1 fully saturated rings. The molecule has 1 aliphatic heterocycles. The molecule has 0 saturated carbocycles. The maximum Gasteiger partial charge on any atom is 0.309 e. The summed E-state index contributed by atoms with van der Waals surface area (Å²) in [6.07, 6.45) is 0.770. The molecule has 0 bridgehead atoms. The standard InChI is InChI=1S/C13H16O4S/c14-13(12-6-8-18(15,16)9-7-12)17-10-11-4-2-1-3-5-11/h1-5,12H,6-10H2. The van der Waals surface area contributed by atoms with Gasteiger partial charge in [-0.1, -0.05) is 30.3 Å². The second-order valence-electron chi connectivity index (χ2n) is 4.52. The number of hydrogen-bond acceptors (Lipinski definition) is 4. The minimum Gasteiger partial charge on any atom is -0.461 e. The van der Waals surface area contributed by atoms with Gasteiger partial charge in [0.05, 0.1) is 17.4 Å². The zero-order valence-corrected chi connectivity index (χ0v) is 10.9.